The summed E-state index contributed by atoms with van der Waals surface area (Å²) in [5.41, 5.74) is 13.6. The van der Waals surface area contributed by atoms with Gasteiger partial charge in [-0.3, -0.25) is 0 Å². The van der Waals surface area contributed by atoms with Crippen LogP contribution in [-0.2, 0) is 17.7 Å². The molecule has 0 atom stereocenters. The van der Waals surface area contributed by atoms with Crippen LogP contribution in [0.15, 0.2) is 42.7 Å². The maximum Gasteiger partial charge on any atom is 0.410 e. The van der Waals surface area contributed by atoms with Gasteiger partial charge in [-0.25, -0.2) is 14.8 Å². The van der Waals surface area contributed by atoms with Crippen LogP contribution >= 0.6 is 0 Å². The number of nitrogens with one attached hydrogen (secondary N) is 1. The summed E-state index contributed by atoms with van der Waals surface area (Å²) in [7, 11) is 3.66. The van der Waals surface area contributed by atoms with Crippen molar-refractivity contribution in [2.45, 2.75) is 52.7 Å². The van der Waals surface area contributed by atoms with E-state index >= 15 is 0 Å². The van der Waals surface area contributed by atoms with Crippen LogP contribution in [0.25, 0.3) is 22.2 Å². The maximum absolute atomic E-state index is 12.3. The Labute approximate surface area is 246 Å². The molecule has 1 aliphatic rings. The summed E-state index contributed by atoms with van der Waals surface area (Å²) in [5.74, 6) is 0.388. The van der Waals surface area contributed by atoms with Gasteiger partial charge in [0.25, 0.3) is 0 Å². The molecule has 0 fully saturated rings. The zero-order valence-corrected chi connectivity index (χ0v) is 25.2. The smallest absolute Gasteiger partial charge is 0.410 e. The Morgan fingerprint density at radius 1 is 1.24 bits per heavy atom. The standard InChI is InChI=1S/C32H38N8O2/c1-20-15-27(38(5)13-14-39(6)31(41)42-32(2,3)4)25(34)16-26(20)36-30-35-18-22(17-33)28(37-30)24-19-40-12-8-10-21-9-7-11-23(24)29(21)40/h7,9,11,15-16,18-19H,8,10,12-14,34H2,1-6H3,(H,35,36,37). The number of nitrogen functional groups attached to an aromatic ring is 1. The SMILES string of the molecule is Cc1cc(N(C)CCN(C)C(=O)OC(C)(C)C)c(N)cc1Nc1ncc(C#N)c(-c2cn3c4c(cccc24)CCC3)n1. The number of ether oxygens (including phenoxy) is 1. The Bertz CT molecular complexity index is 1700. The van der Waals surface area contributed by atoms with Crippen molar-refractivity contribution in [3.63, 3.8) is 0 Å². The zero-order chi connectivity index (χ0) is 30.2. The number of hydrogen-bond donors (Lipinski definition) is 2. The van der Waals surface area contributed by atoms with E-state index in [2.05, 4.69) is 45.3 Å². The molecule has 0 saturated heterocycles. The number of carbonyl (C=O) groups is 1. The van der Waals surface area contributed by atoms with Crippen LogP contribution in [0.5, 0.6) is 0 Å². The summed E-state index contributed by atoms with van der Waals surface area (Å²) in [6, 6.07) is 12.5. The van der Waals surface area contributed by atoms with Crippen molar-refractivity contribution in [2.75, 3.05) is 43.1 Å². The van der Waals surface area contributed by atoms with Crippen molar-refractivity contribution in [3.05, 3.63) is 59.4 Å². The number of likely N-dealkylation sites (N-methyl/N-ethyl adjacent to an activating group) is 2. The average Bonchev–Trinajstić information content (AvgIpc) is 3.32. The van der Waals surface area contributed by atoms with E-state index in [1.54, 1.807) is 18.1 Å². The largest absolute Gasteiger partial charge is 0.444 e. The molecule has 3 heterocycles. The van der Waals surface area contributed by atoms with Crippen molar-refractivity contribution in [2.24, 2.45) is 0 Å². The molecule has 42 heavy (non-hydrogen) atoms. The van der Waals surface area contributed by atoms with Gasteiger partial charge in [-0.15, -0.1) is 0 Å². The molecule has 0 aliphatic carbocycles. The fraction of sp³-hybridized carbons (Fsp3) is 0.375. The lowest BCUT2D eigenvalue weighted by Gasteiger charge is -2.28. The number of benzene rings is 2. The van der Waals surface area contributed by atoms with Gasteiger partial charge in [0.2, 0.25) is 5.95 Å². The summed E-state index contributed by atoms with van der Waals surface area (Å²) >= 11 is 0. The molecule has 0 bridgehead atoms. The third kappa shape index (κ3) is 5.81. The van der Waals surface area contributed by atoms with Gasteiger partial charge in [0.15, 0.2) is 0 Å². The molecule has 3 N–H and O–H groups in total. The number of aromatic nitrogens is 3. The van der Waals surface area contributed by atoms with Crippen LogP contribution in [0, 0.1) is 18.3 Å². The number of hydrogen-bond acceptors (Lipinski definition) is 8. The number of rotatable bonds is 7. The molecule has 0 saturated carbocycles. The third-order valence-electron chi connectivity index (χ3n) is 7.50. The monoisotopic (exact) mass is 566 g/mol. The van der Waals surface area contributed by atoms with Gasteiger partial charge in [-0.1, -0.05) is 18.2 Å². The van der Waals surface area contributed by atoms with Gasteiger partial charge in [0, 0.05) is 56.6 Å². The molecule has 0 spiro atoms. The fourth-order valence-corrected chi connectivity index (χ4v) is 5.32. The second kappa shape index (κ2) is 11.2. The number of amides is 1. The van der Waals surface area contributed by atoms with Gasteiger partial charge in [-0.05, 0) is 63.8 Å². The molecule has 1 amide bonds. The van der Waals surface area contributed by atoms with Crippen LogP contribution in [0.1, 0.15) is 43.9 Å². The van der Waals surface area contributed by atoms with E-state index < -0.39 is 5.60 Å². The topological polar surface area (TPSA) is 125 Å². The highest BCUT2D eigenvalue weighted by Gasteiger charge is 2.22. The molecule has 2 aromatic heterocycles. The Kier molecular flexibility index (Phi) is 7.69. The predicted octanol–water partition coefficient (Wildman–Crippen LogP) is 5.85. The first-order valence-corrected chi connectivity index (χ1v) is 14.2. The van der Waals surface area contributed by atoms with E-state index in [-0.39, 0.29) is 6.09 Å². The maximum atomic E-state index is 12.3. The minimum Gasteiger partial charge on any atom is -0.444 e. The van der Waals surface area contributed by atoms with E-state index in [1.807, 2.05) is 51.8 Å². The highest BCUT2D eigenvalue weighted by atomic mass is 16.6. The van der Waals surface area contributed by atoms with Crippen LogP contribution in [0.3, 0.4) is 0 Å². The first-order valence-electron chi connectivity index (χ1n) is 14.2. The van der Waals surface area contributed by atoms with Crippen molar-refractivity contribution in [1.82, 2.24) is 19.4 Å². The quantitative estimate of drug-likeness (QED) is 0.267. The summed E-state index contributed by atoms with van der Waals surface area (Å²) in [6.45, 7) is 9.53. The lowest BCUT2D eigenvalue weighted by molar-refractivity contribution is 0.0303. The van der Waals surface area contributed by atoms with Crippen LogP contribution < -0.4 is 16.0 Å². The van der Waals surface area contributed by atoms with Crippen molar-refractivity contribution >= 4 is 40.0 Å². The minimum atomic E-state index is -0.545. The van der Waals surface area contributed by atoms with E-state index in [1.165, 1.54) is 11.1 Å². The number of anilines is 4. The fourth-order valence-electron chi connectivity index (χ4n) is 5.32. The number of nitriles is 1. The van der Waals surface area contributed by atoms with E-state index in [9.17, 15) is 10.1 Å². The third-order valence-corrected chi connectivity index (χ3v) is 7.50. The molecular formula is C32H38N8O2. The molecule has 5 rings (SSSR count). The molecule has 10 heteroatoms. The van der Waals surface area contributed by atoms with Gasteiger partial charge in [0.1, 0.15) is 11.7 Å². The first-order chi connectivity index (χ1) is 19.9. The second-order valence-electron chi connectivity index (χ2n) is 11.9. The van der Waals surface area contributed by atoms with E-state index in [4.69, 9.17) is 15.5 Å². The molecule has 218 valence electrons. The minimum absolute atomic E-state index is 0.362. The molecular weight excluding hydrogens is 528 g/mol. The number of nitrogens with zero attached hydrogens (tertiary/aromatic N) is 6. The van der Waals surface area contributed by atoms with Crippen molar-refractivity contribution < 1.29 is 9.53 Å². The number of nitrogens with two attached hydrogens (primary N) is 1. The molecule has 2 aromatic carbocycles. The van der Waals surface area contributed by atoms with Gasteiger partial charge in [0.05, 0.1) is 34.3 Å². The zero-order valence-electron chi connectivity index (χ0n) is 25.2. The van der Waals surface area contributed by atoms with E-state index in [0.29, 0.717) is 36.0 Å². The Morgan fingerprint density at radius 3 is 2.76 bits per heavy atom. The van der Waals surface area contributed by atoms with Crippen molar-refractivity contribution in [3.8, 4) is 17.3 Å². The average molecular weight is 567 g/mol. The molecule has 4 aromatic rings. The summed E-state index contributed by atoms with van der Waals surface area (Å²) in [6.07, 6.45) is 5.45. The summed E-state index contributed by atoms with van der Waals surface area (Å²) in [5, 5.41) is 14.3. The number of para-hydroxylation sites is 1. The molecule has 0 unspecified atom stereocenters. The first kappa shape index (κ1) is 28.7. The second-order valence-corrected chi connectivity index (χ2v) is 11.9. The lowest BCUT2D eigenvalue weighted by Crippen LogP contribution is -2.38. The molecule has 10 nitrogen and oxygen atoms in total. The molecule has 0 radical (unpaired) electrons. The Morgan fingerprint density at radius 2 is 2.02 bits per heavy atom. The van der Waals surface area contributed by atoms with Gasteiger partial charge >= 0.3 is 6.09 Å². The Balaban J connectivity index is 1.37. The summed E-state index contributed by atoms with van der Waals surface area (Å²) < 4.78 is 7.71. The van der Waals surface area contributed by atoms with Crippen LogP contribution in [0.2, 0.25) is 0 Å². The lowest BCUT2D eigenvalue weighted by atomic mass is 10.0. The number of aryl methyl sites for hydroxylation is 3. The van der Waals surface area contributed by atoms with Gasteiger partial charge < -0.3 is 30.2 Å². The van der Waals surface area contributed by atoms with Crippen molar-refractivity contribution in [1.29, 1.82) is 5.26 Å². The predicted molar refractivity (Wildman–Crippen MR) is 167 cm³/mol. The highest BCUT2D eigenvalue weighted by Crippen LogP contribution is 2.36. The van der Waals surface area contributed by atoms with Crippen LogP contribution in [0.4, 0.5) is 27.8 Å². The van der Waals surface area contributed by atoms with Gasteiger partial charge in [-0.2, -0.15) is 5.26 Å². The molecule has 1 aliphatic heterocycles. The normalized spacial score (nSPS) is 12.6. The summed E-state index contributed by atoms with van der Waals surface area (Å²) in [4.78, 5) is 25.1. The highest BCUT2D eigenvalue weighted by molar-refractivity contribution is 5.98. The van der Waals surface area contributed by atoms with E-state index in [0.717, 1.165) is 47.3 Å². The van der Waals surface area contributed by atoms with Crippen LogP contribution in [-0.4, -0.2) is 58.3 Å². The number of carbonyl (C=O) groups excluding carboxylic acids is 1. The Hall–Kier alpha value is -4.78.